The topological polar surface area (TPSA) is 55.8 Å². The highest BCUT2D eigenvalue weighted by Gasteiger charge is 2.46. The number of benzene rings is 1. The summed E-state index contributed by atoms with van der Waals surface area (Å²) in [5.74, 6) is -0.930. The summed E-state index contributed by atoms with van der Waals surface area (Å²) in [7, 11) is -0.836. The van der Waals surface area contributed by atoms with Crippen LogP contribution in [0, 0.1) is 5.92 Å². The first kappa shape index (κ1) is 13.8. The molecule has 0 aromatic heterocycles. The Kier molecular flexibility index (Phi) is 4.23. The summed E-state index contributed by atoms with van der Waals surface area (Å²) < 4.78 is 22.1. The van der Waals surface area contributed by atoms with E-state index in [-0.39, 0.29) is 5.92 Å². The number of hydrogen-bond acceptors (Lipinski definition) is 4. The molecule has 1 fully saturated rings. The molecule has 1 aliphatic carbocycles. The summed E-state index contributed by atoms with van der Waals surface area (Å²) in [6.07, 6.45) is 2.09. The largest absolute Gasteiger partial charge is 0.380 e. The molecule has 1 aromatic carbocycles. The minimum atomic E-state index is -3.45. The molecule has 1 aromatic rings. The monoisotopic (exact) mass is 270 g/mol. The fourth-order valence-electron chi connectivity index (χ4n) is 2.31. The molecular weight excluding hydrogens is 251 g/mol. The van der Waals surface area contributed by atoms with Crippen molar-refractivity contribution in [3.8, 4) is 0 Å². The maximum absolute atomic E-state index is 12.3. The van der Waals surface area contributed by atoms with Gasteiger partial charge in [-0.05, 0) is 24.3 Å². The molecule has 1 saturated carbocycles. The van der Waals surface area contributed by atoms with Gasteiger partial charge in [-0.15, -0.1) is 0 Å². The molecule has 0 unspecified atom stereocenters. The zero-order valence-corrected chi connectivity index (χ0v) is 11.5. The first-order valence-electron chi connectivity index (χ1n) is 6.06. The van der Waals surface area contributed by atoms with Crippen LogP contribution in [0.3, 0.4) is 0 Å². The Morgan fingerprint density at radius 2 is 1.78 bits per heavy atom. The highest BCUT2D eigenvalue weighted by Crippen LogP contribution is 2.59. The van der Waals surface area contributed by atoms with Crippen molar-refractivity contribution in [2.24, 2.45) is 5.92 Å². The highest BCUT2D eigenvalue weighted by molar-refractivity contribution is 7.54. The van der Waals surface area contributed by atoms with E-state index in [1.165, 1.54) is 14.2 Å². The van der Waals surface area contributed by atoms with Crippen molar-refractivity contribution in [3.63, 3.8) is 0 Å². The second kappa shape index (κ2) is 5.54. The standard InChI is InChI=1S/C13H19O4P/c1-16-18(15,17-2)13(14)12(11-8-9-11)10-6-4-3-5-7-10/h3-7,11-14H,8-9H2,1-2H3/t12-,13+/m0/s1. The number of rotatable bonds is 6. The molecule has 0 amide bonds. The maximum atomic E-state index is 12.3. The Labute approximate surface area is 107 Å². The van der Waals surface area contributed by atoms with Crippen molar-refractivity contribution in [1.82, 2.24) is 0 Å². The van der Waals surface area contributed by atoms with Crippen LogP contribution >= 0.6 is 7.60 Å². The lowest BCUT2D eigenvalue weighted by molar-refractivity contribution is 0.146. The number of aliphatic hydroxyl groups excluding tert-OH is 1. The third kappa shape index (κ3) is 2.67. The predicted molar refractivity (Wildman–Crippen MR) is 69.5 cm³/mol. The predicted octanol–water partition coefficient (Wildman–Crippen LogP) is 2.98. The molecule has 0 aliphatic heterocycles. The minimum absolute atomic E-state index is 0.183. The Morgan fingerprint density at radius 3 is 2.22 bits per heavy atom. The Bertz CT molecular complexity index is 422. The van der Waals surface area contributed by atoms with Crippen molar-refractivity contribution >= 4 is 7.60 Å². The first-order valence-corrected chi connectivity index (χ1v) is 7.67. The van der Waals surface area contributed by atoms with Gasteiger partial charge in [0, 0.05) is 20.1 Å². The van der Waals surface area contributed by atoms with Gasteiger partial charge in [-0.25, -0.2) is 0 Å². The quantitative estimate of drug-likeness (QED) is 0.807. The average Bonchev–Trinajstić information content (AvgIpc) is 3.24. The molecule has 2 rings (SSSR count). The Hall–Kier alpha value is -0.670. The van der Waals surface area contributed by atoms with E-state index in [0.717, 1.165) is 18.4 Å². The summed E-state index contributed by atoms with van der Waals surface area (Å²) in [6.45, 7) is 0. The molecule has 4 nitrogen and oxygen atoms in total. The summed E-state index contributed by atoms with van der Waals surface area (Å²) >= 11 is 0. The molecule has 0 spiro atoms. The van der Waals surface area contributed by atoms with Gasteiger partial charge < -0.3 is 14.2 Å². The molecule has 2 atom stereocenters. The Morgan fingerprint density at radius 1 is 1.22 bits per heavy atom. The summed E-state index contributed by atoms with van der Waals surface area (Å²) in [5.41, 5.74) is 0.988. The van der Waals surface area contributed by atoms with E-state index in [4.69, 9.17) is 9.05 Å². The van der Waals surface area contributed by atoms with Gasteiger partial charge in [0.1, 0.15) is 0 Å². The lowest BCUT2D eigenvalue weighted by atomic mass is 9.95. The summed E-state index contributed by atoms with van der Waals surface area (Å²) in [6, 6.07) is 9.65. The third-order valence-electron chi connectivity index (χ3n) is 3.47. The average molecular weight is 270 g/mol. The normalized spacial score (nSPS) is 19.5. The molecule has 0 saturated heterocycles. The second-order valence-corrected chi connectivity index (χ2v) is 6.93. The molecule has 0 heterocycles. The van der Waals surface area contributed by atoms with Crippen LogP contribution in [0.15, 0.2) is 30.3 Å². The zero-order valence-electron chi connectivity index (χ0n) is 10.7. The van der Waals surface area contributed by atoms with Crippen LogP contribution in [0.5, 0.6) is 0 Å². The lowest BCUT2D eigenvalue weighted by Crippen LogP contribution is -2.22. The van der Waals surface area contributed by atoms with E-state index in [2.05, 4.69) is 0 Å². The first-order chi connectivity index (χ1) is 8.62. The molecule has 0 bridgehead atoms. The van der Waals surface area contributed by atoms with Crippen molar-refractivity contribution in [3.05, 3.63) is 35.9 Å². The zero-order chi connectivity index (χ0) is 13.2. The molecule has 18 heavy (non-hydrogen) atoms. The van der Waals surface area contributed by atoms with Crippen LogP contribution in [0.4, 0.5) is 0 Å². The van der Waals surface area contributed by atoms with Crippen molar-refractivity contribution < 1.29 is 18.7 Å². The van der Waals surface area contributed by atoms with E-state index in [1.807, 2.05) is 30.3 Å². The molecule has 0 radical (unpaired) electrons. The fraction of sp³-hybridized carbons (Fsp3) is 0.538. The van der Waals surface area contributed by atoms with Crippen molar-refractivity contribution in [2.75, 3.05) is 14.2 Å². The van der Waals surface area contributed by atoms with E-state index < -0.39 is 13.4 Å². The molecule has 1 aliphatic rings. The van der Waals surface area contributed by atoms with Gasteiger partial charge in [0.25, 0.3) is 0 Å². The fourth-order valence-corrected chi connectivity index (χ4v) is 3.70. The molecule has 5 heteroatoms. The molecule has 100 valence electrons. The van der Waals surface area contributed by atoms with Crippen LogP contribution in [0.1, 0.15) is 24.3 Å². The van der Waals surface area contributed by atoms with E-state index in [9.17, 15) is 9.67 Å². The second-order valence-electron chi connectivity index (χ2n) is 4.59. The van der Waals surface area contributed by atoms with Crippen LogP contribution in [0.25, 0.3) is 0 Å². The van der Waals surface area contributed by atoms with Gasteiger partial charge >= 0.3 is 7.60 Å². The van der Waals surface area contributed by atoms with Gasteiger partial charge in [-0.3, -0.25) is 4.57 Å². The van der Waals surface area contributed by atoms with Crippen LogP contribution in [-0.4, -0.2) is 25.2 Å². The van der Waals surface area contributed by atoms with Gasteiger partial charge in [0.15, 0.2) is 5.85 Å². The SMILES string of the molecule is COP(=O)(OC)[C@@H](O)[C@@H](c1ccccc1)C1CC1. The summed E-state index contributed by atoms with van der Waals surface area (Å²) in [5, 5.41) is 10.4. The van der Waals surface area contributed by atoms with Crippen LogP contribution in [0.2, 0.25) is 0 Å². The number of hydrogen-bond donors (Lipinski definition) is 1. The minimum Gasteiger partial charge on any atom is -0.380 e. The number of aliphatic hydroxyl groups is 1. The highest BCUT2D eigenvalue weighted by atomic mass is 31.2. The molecular formula is C13H19O4P. The Balaban J connectivity index is 2.29. The van der Waals surface area contributed by atoms with Gasteiger partial charge in [0.2, 0.25) is 0 Å². The smallest absolute Gasteiger partial charge is 0.358 e. The van der Waals surface area contributed by atoms with E-state index >= 15 is 0 Å². The third-order valence-corrected chi connectivity index (χ3v) is 5.46. The van der Waals surface area contributed by atoms with E-state index in [0.29, 0.717) is 5.92 Å². The van der Waals surface area contributed by atoms with Crippen molar-refractivity contribution in [1.29, 1.82) is 0 Å². The maximum Gasteiger partial charge on any atom is 0.358 e. The van der Waals surface area contributed by atoms with Gasteiger partial charge in [-0.2, -0.15) is 0 Å². The summed E-state index contributed by atoms with van der Waals surface area (Å²) in [4.78, 5) is 0. The van der Waals surface area contributed by atoms with E-state index in [1.54, 1.807) is 0 Å². The van der Waals surface area contributed by atoms with Gasteiger partial charge in [-0.1, -0.05) is 30.3 Å². The van der Waals surface area contributed by atoms with Crippen LogP contribution < -0.4 is 0 Å². The lowest BCUT2D eigenvalue weighted by Gasteiger charge is -2.27. The van der Waals surface area contributed by atoms with Gasteiger partial charge in [0.05, 0.1) is 0 Å². The molecule has 1 N–H and O–H groups in total. The van der Waals surface area contributed by atoms with Crippen LogP contribution in [-0.2, 0) is 13.6 Å². The van der Waals surface area contributed by atoms with Crippen molar-refractivity contribution in [2.45, 2.75) is 24.6 Å².